The van der Waals surface area contributed by atoms with Gasteiger partial charge in [0.15, 0.2) is 17.0 Å². The maximum absolute atomic E-state index is 14.6. The molecule has 4 atom stereocenters. The first kappa shape index (κ1) is 33.9. The lowest BCUT2D eigenvalue weighted by Gasteiger charge is -2.58. The number of methoxy groups -OCH3 is 1. The van der Waals surface area contributed by atoms with Crippen LogP contribution < -0.4 is 27.3 Å². The van der Waals surface area contributed by atoms with E-state index in [2.05, 4.69) is 5.32 Å². The monoisotopic (exact) mass is 678 g/mol. The van der Waals surface area contributed by atoms with Crippen LogP contribution in [0.2, 0.25) is 0 Å². The maximum atomic E-state index is 14.6. The highest BCUT2D eigenvalue weighted by molar-refractivity contribution is 6.25. The number of carbonyl (C=O) groups is 4. The fraction of sp³-hybridized carbons (Fsp3) is 0.250. The molecule has 0 bridgehead atoms. The van der Waals surface area contributed by atoms with E-state index in [1.165, 1.54) is 32.2 Å². The topological polar surface area (TPSA) is 255 Å². The summed E-state index contributed by atoms with van der Waals surface area (Å²) in [5.74, 6) is -5.68. The summed E-state index contributed by atoms with van der Waals surface area (Å²) < 4.78 is 5.14. The number of aromatic hydroxyl groups is 1. The second kappa shape index (κ2) is 11.6. The number of aliphatic hydroxyl groups excluding tert-OH is 2. The zero-order valence-electron chi connectivity index (χ0n) is 27.3. The van der Waals surface area contributed by atoms with Gasteiger partial charge in [-0.25, -0.2) is 0 Å². The average Bonchev–Trinajstić information content (AvgIpc) is 3.04. The zero-order chi connectivity index (χ0) is 36.5. The molecule has 3 aliphatic rings. The van der Waals surface area contributed by atoms with Crippen LogP contribution in [0.3, 0.4) is 0 Å². The number of hydrogen-bond donors (Lipinski definition) is 7. The van der Waals surface area contributed by atoms with Crippen molar-refractivity contribution >= 4 is 34.8 Å². The molecule has 0 spiro atoms. The van der Waals surface area contributed by atoms with Crippen molar-refractivity contribution in [3.05, 3.63) is 94.3 Å². The number of phenols is 1. The van der Waals surface area contributed by atoms with Gasteiger partial charge in [-0.15, -0.1) is 0 Å². The van der Waals surface area contributed by atoms with E-state index < -0.39 is 74.8 Å². The highest BCUT2D eigenvalue weighted by atomic mass is 16.5. The number of ether oxygens (including phenoxy) is 1. The SMILES string of the molecule is COc1ccc(C(=O)Nc2ccc(-c3ccc(O)c4c3C[C@@]3(N)C[C@@]5(N)C(N(C)C)C(=O)C(C(N)=O)=C(O)[C@@]5(C#N)C(=O)C3=C4O)cc2)cc1. The number of phenolic OH excluding ortho intramolecular Hbond substituents is 1. The van der Waals surface area contributed by atoms with E-state index in [-0.39, 0.29) is 17.9 Å². The van der Waals surface area contributed by atoms with Gasteiger partial charge in [-0.05, 0) is 86.1 Å². The number of nitrogens with two attached hydrogens (primary N) is 3. The second-order valence-corrected chi connectivity index (χ2v) is 13.0. The minimum absolute atomic E-state index is 0.129. The number of primary amides is 1. The number of carbonyl (C=O) groups excluding carboxylic acids is 4. The normalized spacial score (nSPS) is 25.7. The minimum Gasteiger partial charge on any atom is -0.509 e. The van der Waals surface area contributed by atoms with Gasteiger partial charge in [0.2, 0.25) is 0 Å². The van der Waals surface area contributed by atoms with Crippen LogP contribution in [0.15, 0.2) is 77.6 Å². The number of likely N-dealkylation sites (N-methyl/N-ethyl adjacent to an activating group) is 1. The van der Waals surface area contributed by atoms with Crippen molar-refractivity contribution < 1.29 is 39.2 Å². The van der Waals surface area contributed by atoms with E-state index in [1.54, 1.807) is 60.7 Å². The van der Waals surface area contributed by atoms with Crippen molar-refractivity contribution in [1.29, 1.82) is 5.26 Å². The van der Waals surface area contributed by atoms with Crippen molar-refractivity contribution in [1.82, 2.24) is 4.90 Å². The fourth-order valence-corrected chi connectivity index (χ4v) is 7.78. The third-order valence-corrected chi connectivity index (χ3v) is 9.94. The van der Waals surface area contributed by atoms with Gasteiger partial charge in [0.1, 0.15) is 28.6 Å². The third kappa shape index (κ3) is 4.59. The fourth-order valence-electron chi connectivity index (χ4n) is 7.78. The summed E-state index contributed by atoms with van der Waals surface area (Å²) in [5, 5.41) is 47.5. The highest BCUT2D eigenvalue weighted by Crippen LogP contribution is 2.58. The lowest BCUT2D eigenvalue weighted by molar-refractivity contribution is -0.139. The third-order valence-electron chi connectivity index (χ3n) is 9.94. The van der Waals surface area contributed by atoms with Gasteiger partial charge in [0, 0.05) is 11.3 Å². The number of nitrogens with one attached hydrogen (secondary N) is 1. The summed E-state index contributed by atoms with van der Waals surface area (Å²) in [6.45, 7) is 0. The van der Waals surface area contributed by atoms with Crippen LogP contribution in [0.4, 0.5) is 5.69 Å². The lowest BCUT2D eigenvalue weighted by Crippen LogP contribution is -2.80. The van der Waals surface area contributed by atoms with Crippen molar-refractivity contribution in [2.45, 2.75) is 30.0 Å². The molecule has 14 nitrogen and oxygen atoms in total. The van der Waals surface area contributed by atoms with Gasteiger partial charge < -0.3 is 42.6 Å². The Hall–Kier alpha value is -6.01. The molecule has 0 aromatic heterocycles. The van der Waals surface area contributed by atoms with Crippen molar-refractivity contribution in [2.75, 3.05) is 26.5 Å². The molecule has 256 valence electrons. The molecular formula is C36H34N6O8. The maximum Gasteiger partial charge on any atom is 0.255 e. The van der Waals surface area contributed by atoms with Crippen LogP contribution in [-0.4, -0.2) is 81.9 Å². The Labute approximate surface area is 286 Å². The van der Waals surface area contributed by atoms with Gasteiger partial charge in [0.25, 0.3) is 11.8 Å². The summed E-state index contributed by atoms with van der Waals surface area (Å²) in [4.78, 5) is 54.7. The average molecular weight is 679 g/mol. The van der Waals surface area contributed by atoms with E-state index in [1.807, 2.05) is 0 Å². The molecule has 0 aliphatic heterocycles. The Bertz CT molecular complexity index is 2120. The van der Waals surface area contributed by atoms with Crippen LogP contribution in [-0.2, 0) is 20.8 Å². The molecule has 1 fully saturated rings. The molecule has 1 unspecified atom stereocenters. The predicted molar refractivity (Wildman–Crippen MR) is 181 cm³/mol. The number of rotatable bonds is 6. The number of nitriles is 1. The largest absolute Gasteiger partial charge is 0.509 e. The number of fused-ring (bicyclic) bond motifs is 3. The van der Waals surface area contributed by atoms with E-state index in [4.69, 9.17) is 21.9 Å². The minimum atomic E-state index is -2.75. The molecule has 6 rings (SSSR count). The highest BCUT2D eigenvalue weighted by Gasteiger charge is 2.74. The first-order valence-electron chi connectivity index (χ1n) is 15.4. The number of aliphatic hydroxyl groups is 2. The number of Topliss-reactive ketones (excluding diaryl/α,β-unsaturated/α-hetero) is 2. The Balaban J connectivity index is 1.46. The molecule has 3 aromatic rings. The molecular weight excluding hydrogens is 644 g/mol. The summed E-state index contributed by atoms with van der Waals surface area (Å²) in [5.41, 5.74) is 13.3. The van der Waals surface area contributed by atoms with Gasteiger partial charge >= 0.3 is 0 Å². The van der Waals surface area contributed by atoms with Crippen LogP contribution in [0.1, 0.15) is 27.9 Å². The Kier molecular flexibility index (Phi) is 7.83. The summed E-state index contributed by atoms with van der Waals surface area (Å²) in [7, 11) is 4.43. The van der Waals surface area contributed by atoms with Crippen LogP contribution in [0, 0.1) is 16.7 Å². The van der Waals surface area contributed by atoms with E-state index >= 15 is 0 Å². The second-order valence-electron chi connectivity index (χ2n) is 13.0. The number of amides is 2. The van der Waals surface area contributed by atoms with Crippen molar-refractivity contribution in [3.8, 4) is 28.7 Å². The molecule has 50 heavy (non-hydrogen) atoms. The van der Waals surface area contributed by atoms with Crippen molar-refractivity contribution in [3.63, 3.8) is 0 Å². The van der Waals surface area contributed by atoms with Gasteiger partial charge in [-0.2, -0.15) is 5.26 Å². The summed E-state index contributed by atoms with van der Waals surface area (Å²) in [6.07, 6.45) is -0.691. The van der Waals surface area contributed by atoms with Gasteiger partial charge in [-0.3, -0.25) is 24.1 Å². The molecule has 2 amide bonds. The number of anilines is 1. The van der Waals surface area contributed by atoms with E-state index in [9.17, 15) is 39.8 Å². The first-order chi connectivity index (χ1) is 23.6. The molecule has 3 aromatic carbocycles. The molecule has 14 heteroatoms. The van der Waals surface area contributed by atoms with E-state index in [0.717, 1.165) is 0 Å². The van der Waals surface area contributed by atoms with Crippen LogP contribution in [0.25, 0.3) is 16.9 Å². The molecule has 0 radical (unpaired) electrons. The van der Waals surface area contributed by atoms with Gasteiger partial charge in [-0.1, -0.05) is 18.2 Å². The van der Waals surface area contributed by atoms with Gasteiger partial charge in [0.05, 0.1) is 41.4 Å². The quantitative estimate of drug-likeness (QED) is 0.184. The molecule has 10 N–H and O–H groups in total. The number of ketones is 2. The van der Waals surface area contributed by atoms with Crippen molar-refractivity contribution in [2.24, 2.45) is 22.6 Å². The van der Waals surface area contributed by atoms with Crippen LogP contribution >= 0.6 is 0 Å². The zero-order valence-corrected chi connectivity index (χ0v) is 27.3. The number of benzene rings is 3. The Morgan fingerprint density at radius 1 is 1.00 bits per heavy atom. The number of hydrogen-bond acceptors (Lipinski definition) is 12. The Morgan fingerprint density at radius 3 is 2.20 bits per heavy atom. The summed E-state index contributed by atoms with van der Waals surface area (Å²) in [6, 6.07) is 16.5. The predicted octanol–water partition coefficient (Wildman–Crippen LogP) is 1.83. The Morgan fingerprint density at radius 2 is 1.64 bits per heavy atom. The smallest absolute Gasteiger partial charge is 0.255 e. The first-order valence-corrected chi connectivity index (χ1v) is 15.4. The molecule has 1 saturated carbocycles. The van der Waals surface area contributed by atoms with E-state index in [0.29, 0.717) is 33.7 Å². The standard InChI is InChI=1S/C36H34N6O8/c1-42(2)29-28(45)25(32(38)48)30(46)35(16-37)31(47)26-27(44)24-22(14-34(26,39)15-36(29,35)40)21(12-13-23(24)43)17-4-8-19(9-5-17)41-33(49)18-6-10-20(50-3)11-7-18/h4-13,29,43-44,46H,14-15,39-40H2,1-3H3,(H2,38,48)(H,41,49)/t29?,34-,35+,36-/m1/s1. The molecule has 0 heterocycles. The summed E-state index contributed by atoms with van der Waals surface area (Å²) >= 11 is 0. The molecule has 3 aliphatic carbocycles. The lowest BCUT2D eigenvalue weighted by atomic mass is 9.47. The number of nitrogens with zero attached hydrogens (tertiary/aromatic N) is 2. The molecule has 0 saturated heterocycles. The van der Waals surface area contributed by atoms with Crippen LogP contribution in [0.5, 0.6) is 11.5 Å².